The van der Waals surface area contributed by atoms with E-state index in [9.17, 15) is 13.6 Å². The third-order valence-corrected chi connectivity index (χ3v) is 4.00. The zero-order chi connectivity index (χ0) is 14.9. The second-order valence-corrected chi connectivity index (χ2v) is 6.10. The quantitative estimate of drug-likeness (QED) is 0.758. The van der Waals surface area contributed by atoms with Crippen LogP contribution in [0.3, 0.4) is 0 Å². The van der Waals surface area contributed by atoms with Crippen LogP contribution in [0, 0.1) is 5.92 Å². The lowest BCUT2D eigenvalue weighted by Gasteiger charge is -2.12. The molecule has 0 amide bonds. The Morgan fingerprint density at radius 3 is 2.65 bits per heavy atom. The van der Waals surface area contributed by atoms with Gasteiger partial charge in [0.15, 0.2) is 11.5 Å². The normalized spacial score (nSPS) is 14.9. The van der Waals surface area contributed by atoms with E-state index < -0.39 is 13.0 Å². The highest BCUT2D eigenvalue weighted by atomic mass is 32.1. The molecule has 0 radical (unpaired) electrons. The maximum Gasteiger partial charge on any atom is 0.255 e. The molecule has 1 saturated carbocycles. The lowest BCUT2D eigenvalue weighted by molar-refractivity contribution is 0.0972. The van der Waals surface area contributed by atoms with Crippen LogP contribution < -0.4 is 15.8 Å². The molecule has 0 bridgehead atoms. The number of nitrogens with one attached hydrogen (secondary N) is 1. The standard InChI is InChI=1S/C13H18F2N2O2S/c1-6(2)19-11-9(16)12(10(18)7-3-4-7)20-13(11)17-5-8(14)15/h6-8,17H,3-5,16H2,1-2H3. The van der Waals surface area contributed by atoms with Crippen molar-refractivity contribution >= 4 is 27.8 Å². The zero-order valence-electron chi connectivity index (χ0n) is 11.4. The van der Waals surface area contributed by atoms with Crippen molar-refractivity contribution in [3.63, 3.8) is 0 Å². The first-order chi connectivity index (χ1) is 9.40. The number of carbonyl (C=O) groups is 1. The van der Waals surface area contributed by atoms with Gasteiger partial charge in [0.2, 0.25) is 0 Å². The van der Waals surface area contributed by atoms with Gasteiger partial charge in [0, 0.05) is 5.92 Å². The highest BCUT2D eigenvalue weighted by Crippen LogP contribution is 2.46. The number of hydrogen-bond acceptors (Lipinski definition) is 5. The molecule has 0 aromatic carbocycles. The first-order valence-corrected chi connectivity index (χ1v) is 7.37. The molecular formula is C13H18F2N2O2S. The summed E-state index contributed by atoms with van der Waals surface area (Å²) in [5, 5.41) is 3.01. The van der Waals surface area contributed by atoms with Crippen molar-refractivity contribution in [2.45, 2.75) is 39.2 Å². The Morgan fingerprint density at radius 2 is 2.15 bits per heavy atom. The summed E-state index contributed by atoms with van der Waals surface area (Å²) in [6, 6.07) is 0. The number of alkyl halides is 2. The molecule has 0 spiro atoms. The van der Waals surface area contributed by atoms with E-state index in [2.05, 4.69) is 5.32 Å². The van der Waals surface area contributed by atoms with E-state index in [0.29, 0.717) is 15.6 Å². The number of thiophene rings is 1. The summed E-state index contributed by atoms with van der Waals surface area (Å²) < 4.78 is 30.2. The average molecular weight is 304 g/mol. The maximum atomic E-state index is 12.3. The number of carbonyl (C=O) groups excluding carboxylic acids is 1. The number of Topliss-reactive ketones (excluding diaryl/α,β-unsaturated/α-hetero) is 1. The van der Waals surface area contributed by atoms with Crippen LogP contribution >= 0.6 is 11.3 Å². The van der Waals surface area contributed by atoms with Gasteiger partial charge in [0.25, 0.3) is 6.43 Å². The van der Waals surface area contributed by atoms with Crippen LogP contribution in [0.1, 0.15) is 36.4 Å². The topological polar surface area (TPSA) is 64.3 Å². The Hall–Kier alpha value is -1.37. The van der Waals surface area contributed by atoms with Crippen LogP contribution in [-0.2, 0) is 0 Å². The highest BCUT2D eigenvalue weighted by molar-refractivity contribution is 7.19. The number of hydrogen-bond donors (Lipinski definition) is 2. The van der Waals surface area contributed by atoms with Gasteiger partial charge in [-0.1, -0.05) is 0 Å². The molecule has 0 aliphatic heterocycles. The molecule has 3 N–H and O–H groups in total. The van der Waals surface area contributed by atoms with Gasteiger partial charge in [0.1, 0.15) is 5.00 Å². The van der Waals surface area contributed by atoms with Crippen LogP contribution in [0.25, 0.3) is 0 Å². The Kier molecular flexibility index (Phi) is 4.47. The molecule has 1 aliphatic carbocycles. The second-order valence-electron chi connectivity index (χ2n) is 5.08. The molecule has 0 unspecified atom stereocenters. The summed E-state index contributed by atoms with van der Waals surface area (Å²) in [6.45, 7) is 3.14. The van der Waals surface area contributed by atoms with Crippen molar-refractivity contribution in [2.75, 3.05) is 17.6 Å². The maximum absolute atomic E-state index is 12.3. The van der Waals surface area contributed by atoms with E-state index in [-0.39, 0.29) is 23.5 Å². The van der Waals surface area contributed by atoms with E-state index in [0.717, 1.165) is 24.2 Å². The first kappa shape index (κ1) is 15.0. The fraction of sp³-hybridized carbons (Fsp3) is 0.615. The smallest absolute Gasteiger partial charge is 0.255 e. The Labute approximate surface area is 120 Å². The highest BCUT2D eigenvalue weighted by Gasteiger charge is 2.34. The van der Waals surface area contributed by atoms with Gasteiger partial charge in [-0.05, 0) is 26.7 Å². The van der Waals surface area contributed by atoms with Gasteiger partial charge >= 0.3 is 0 Å². The summed E-state index contributed by atoms with van der Waals surface area (Å²) >= 11 is 1.10. The minimum Gasteiger partial charge on any atom is -0.486 e. The minimum absolute atomic E-state index is 0.00815. The largest absolute Gasteiger partial charge is 0.486 e. The van der Waals surface area contributed by atoms with Gasteiger partial charge in [-0.25, -0.2) is 8.78 Å². The van der Waals surface area contributed by atoms with Crippen LogP contribution in [0.5, 0.6) is 5.75 Å². The lowest BCUT2D eigenvalue weighted by atomic mass is 10.2. The van der Waals surface area contributed by atoms with Gasteiger partial charge in [-0.3, -0.25) is 4.79 Å². The third-order valence-electron chi connectivity index (χ3n) is 2.84. The van der Waals surface area contributed by atoms with Gasteiger partial charge in [0.05, 0.1) is 23.2 Å². The molecule has 1 aromatic heterocycles. The molecule has 1 aromatic rings. The van der Waals surface area contributed by atoms with Crippen molar-refractivity contribution in [3.05, 3.63) is 4.88 Å². The number of ketones is 1. The fourth-order valence-corrected chi connectivity index (χ4v) is 2.86. The van der Waals surface area contributed by atoms with E-state index >= 15 is 0 Å². The summed E-state index contributed by atoms with van der Waals surface area (Å²) in [6.07, 6.45) is -0.886. The van der Waals surface area contributed by atoms with Crippen molar-refractivity contribution in [2.24, 2.45) is 5.92 Å². The molecule has 0 saturated heterocycles. The number of anilines is 2. The molecule has 4 nitrogen and oxygen atoms in total. The van der Waals surface area contributed by atoms with Crippen molar-refractivity contribution < 1.29 is 18.3 Å². The summed E-state index contributed by atoms with van der Waals surface area (Å²) in [5.41, 5.74) is 6.22. The number of halogens is 2. The number of rotatable bonds is 7. The molecule has 2 rings (SSSR count). The zero-order valence-corrected chi connectivity index (χ0v) is 12.2. The van der Waals surface area contributed by atoms with Crippen LogP contribution in [0.4, 0.5) is 19.5 Å². The number of nitrogens with two attached hydrogens (primary N) is 1. The molecule has 0 atom stereocenters. The summed E-state index contributed by atoms with van der Waals surface area (Å²) in [5.74, 6) is 0.339. The Bertz CT molecular complexity index is 499. The molecule has 7 heteroatoms. The first-order valence-electron chi connectivity index (χ1n) is 6.55. The SMILES string of the molecule is CC(C)Oc1c(NCC(F)F)sc(C(=O)C2CC2)c1N. The van der Waals surface area contributed by atoms with Crippen LogP contribution in [0.2, 0.25) is 0 Å². The molecule has 1 heterocycles. The Morgan fingerprint density at radius 1 is 1.50 bits per heavy atom. The third kappa shape index (κ3) is 3.39. The lowest BCUT2D eigenvalue weighted by Crippen LogP contribution is -2.12. The fourth-order valence-electron chi connectivity index (χ4n) is 1.78. The monoisotopic (exact) mass is 304 g/mol. The molecule has 112 valence electrons. The molecule has 20 heavy (non-hydrogen) atoms. The van der Waals surface area contributed by atoms with Gasteiger partial charge < -0.3 is 15.8 Å². The van der Waals surface area contributed by atoms with Crippen molar-refractivity contribution in [3.8, 4) is 5.75 Å². The summed E-state index contributed by atoms with van der Waals surface area (Å²) in [4.78, 5) is 12.5. The minimum atomic E-state index is -2.48. The molecule has 1 aliphatic rings. The Balaban J connectivity index is 2.27. The molecular weight excluding hydrogens is 286 g/mol. The number of ether oxygens (including phenoxy) is 1. The van der Waals surface area contributed by atoms with Crippen molar-refractivity contribution in [1.29, 1.82) is 0 Å². The predicted octanol–water partition coefficient (Wildman–Crippen LogP) is 3.39. The van der Waals surface area contributed by atoms with E-state index in [1.807, 2.05) is 13.8 Å². The van der Waals surface area contributed by atoms with Crippen LogP contribution in [-0.4, -0.2) is 24.9 Å². The van der Waals surface area contributed by atoms with E-state index in [1.165, 1.54) is 0 Å². The number of nitrogen functional groups attached to an aromatic ring is 1. The van der Waals surface area contributed by atoms with Gasteiger partial charge in [-0.15, -0.1) is 11.3 Å². The van der Waals surface area contributed by atoms with Gasteiger partial charge in [-0.2, -0.15) is 0 Å². The van der Waals surface area contributed by atoms with Crippen LogP contribution in [0.15, 0.2) is 0 Å². The van der Waals surface area contributed by atoms with E-state index in [1.54, 1.807) is 0 Å². The second kappa shape index (κ2) is 5.95. The predicted molar refractivity (Wildman–Crippen MR) is 76.0 cm³/mol. The van der Waals surface area contributed by atoms with Crippen molar-refractivity contribution in [1.82, 2.24) is 0 Å². The van der Waals surface area contributed by atoms with E-state index in [4.69, 9.17) is 10.5 Å². The summed E-state index contributed by atoms with van der Waals surface area (Å²) in [7, 11) is 0. The molecule has 1 fully saturated rings. The average Bonchev–Trinajstić information content (AvgIpc) is 3.15.